The van der Waals surface area contributed by atoms with Gasteiger partial charge in [-0.2, -0.15) is 5.26 Å². The van der Waals surface area contributed by atoms with Crippen LogP contribution in [-0.4, -0.2) is 17.9 Å². The lowest BCUT2D eigenvalue weighted by molar-refractivity contribution is 0.0936. The first-order valence-electron chi connectivity index (χ1n) is 8.38. The number of rotatable bonds is 4. The van der Waals surface area contributed by atoms with Crippen molar-refractivity contribution in [2.45, 2.75) is 31.7 Å². The number of nitrogens with one attached hydrogen (secondary N) is 2. The Labute approximate surface area is 146 Å². The Morgan fingerprint density at radius 2 is 1.60 bits per heavy atom. The van der Waals surface area contributed by atoms with Gasteiger partial charge < -0.3 is 10.6 Å². The third kappa shape index (κ3) is 4.24. The van der Waals surface area contributed by atoms with Crippen LogP contribution < -0.4 is 10.6 Å². The predicted octanol–water partition coefficient (Wildman–Crippen LogP) is 3.48. The number of nitrogens with zero attached hydrogens (tertiary/aromatic N) is 1. The van der Waals surface area contributed by atoms with Crippen LogP contribution in [-0.2, 0) is 0 Å². The van der Waals surface area contributed by atoms with Gasteiger partial charge in [-0.15, -0.1) is 0 Å². The molecule has 3 rings (SSSR count). The Morgan fingerprint density at radius 3 is 2.24 bits per heavy atom. The largest absolute Gasteiger partial charge is 0.349 e. The minimum atomic E-state index is -0.280. The van der Waals surface area contributed by atoms with Crippen LogP contribution in [0.3, 0.4) is 0 Å². The van der Waals surface area contributed by atoms with Crippen molar-refractivity contribution in [1.82, 2.24) is 5.32 Å². The topological polar surface area (TPSA) is 82.0 Å². The average Bonchev–Trinajstić information content (AvgIpc) is 3.15. The summed E-state index contributed by atoms with van der Waals surface area (Å²) in [6.45, 7) is 0. The number of carbonyl (C=O) groups is 2. The maximum absolute atomic E-state index is 12.3. The molecule has 1 aliphatic rings. The lowest BCUT2D eigenvalue weighted by Gasteiger charge is -2.12. The first-order chi connectivity index (χ1) is 12.2. The molecule has 2 aromatic rings. The summed E-state index contributed by atoms with van der Waals surface area (Å²) in [6.07, 6.45) is 4.40. The van der Waals surface area contributed by atoms with Gasteiger partial charge in [0.05, 0.1) is 11.6 Å². The van der Waals surface area contributed by atoms with Crippen molar-refractivity contribution in [1.29, 1.82) is 5.26 Å². The van der Waals surface area contributed by atoms with Gasteiger partial charge in [0, 0.05) is 22.9 Å². The van der Waals surface area contributed by atoms with E-state index in [9.17, 15) is 9.59 Å². The normalized spacial score (nSPS) is 13.9. The van der Waals surface area contributed by atoms with Gasteiger partial charge in [-0.1, -0.05) is 18.9 Å². The number of nitriles is 1. The number of hydrogen-bond donors (Lipinski definition) is 2. The van der Waals surface area contributed by atoms with E-state index in [1.54, 1.807) is 48.5 Å². The van der Waals surface area contributed by atoms with Crippen molar-refractivity contribution in [2.24, 2.45) is 0 Å². The summed E-state index contributed by atoms with van der Waals surface area (Å²) in [5, 5.41) is 14.7. The first-order valence-corrected chi connectivity index (χ1v) is 8.38. The van der Waals surface area contributed by atoms with Crippen molar-refractivity contribution >= 4 is 17.5 Å². The van der Waals surface area contributed by atoms with Gasteiger partial charge in [-0.05, 0) is 55.3 Å². The molecule has 0 saturated heterocycles. The molecule has 1 saturated carbocycles. The zero-order chi connectivity index (χ0) is 17.6. The fourth-order valence-corrected chi connectivity index (χ4v) is 2.98. The Bertz CT molecular complexity index is 816. The lowest BCUT2D eigenvalue weighted by Crippen LogP contribution is -2.32. The highest BCUT2D eigenvalue weighted by atomic mass is 16.2. The summed E-state index contributed by atoms with van der Waals surface area (Å²) in [4.78, 5) is 24.5. The third-order valence-electron chi connectivity index (χ3n) is 4.35. The van der Waals surface area contributed by atoms with E-state index >= 15 is 0 Å². The van der Waals surface area contributed by atoms with Gasteiger partial charge in [-0.25, -0.2) is 0 Å². The van der Waals surface area contributed by atoms with E-state index in [2.05, 4.69) is 10.6 Å². The number of amides is 2. The van der Waals surface area contributed by atoms with Gasteiger partial charge in [0.1, 0.15) is 0 Å². The molecule has 2 N–H and O–H groups in total. The van der Waals surface area contributed by atoms with E-state index in [1.807, 2.05) is 6.07 Å². The second kappa shape index (κ2) is 7.63. The van der Waals surface area contributed by atoms with Crippen molar-refractivity contribution in [3.8, 4) is 6.07 Å². The molecule has 0 radical (unpaired) electrons. The quantitative estimate of drug-likeness (QED) is 0.898. The third-order valence-corrected chi connectivity index (χ3v) is 4.35. The van der Waals surface area contributed by atoms with Crippen LogP contribution in [0.15, 0.2) is 48.5 Å². The number of anilines is 1. The molecule has 0 bridgehead atoms. The fourth-order valence-electron chi connectivity index (χ4n) is 2.98. The molecular formula is C20H19N3O2. The molecule has 1 aliphatic carbocycles. The van der Waals surface area contributed by atoms with Crippen LogP contribution in [0.25, 0.3) is 0 Å². The number of benzene rings is 2. The van der Waals surface area contributed by atoms with E-state index < -0.39 is 0 Å². The smallest absolute Gasteiger partial charge is 0.255 e. The van der Waals surface area contributed by atoms with E-state index in [-0.39, 0.29) is 17.9 Å². The second-order valence-corrected chi connectivity index (χ2v) is 6.18. The molecule has 0 unspecified atom stereocenters. The van der Waals surface area contributed by atoms with Gasteiger partial charge in [-0.3, -0.25) is 9.59 Å². The van der Waals surface area contributed by atoms with Gasteiger partial charge in [0.2, 0.25) is 0 Å². The molecule has 2 aromatic carbocycles. The fraction of sp³-hybridized carbons (Fsp3) is 0.250. The Hall–Kier alpha value is -3.13. The summed E-state index contributed by atoms with van der Waals surface area (Å²) in [7, 11) is 0. The monoisotopic (exact) mass is 333 g/mol. The molecule has 25 heavy (non-hydrogen) atoms. The van der Waals surface area contributed by atoms with Crippen LogP contribution in [0.5, 0.6) is 0 Å². The molecule has 5 nitrogen and oxygen atoms in total. The first kappa shape index (κ1) is 16.7. The highest BCUT2D eigenvalue weighted by Crippen LogP contribution is 2.18. The van der Waals surface area contributed by atoms with Crippen LogP contribution in [0.4, 0.5) is 5.69 Å². The zero-order valence-electron chi connectivity index (χ0n) is 13.8. The number of carbonyl (C=O) groups excluding carboxylic acids is 2. The van der Waals surface area contributed by atoms with E-state index in [4.69, 9.17) is 5.26 Å². The minimum Gasteiger partial charge on any atom is -0.349 e. The second-order valence-electron chi connectivity index (χ2n) is 6.18. The van der Waals surface area contributed by atoms with Crippen molar-refractivity contribution in [2.75, 3.05) is 5.32 Å². The van der Waals surface area contributed by atoms with E-state index in [1.165, 1.54) is 0 Å². The standard InChI is InChI=1S/C20H19N3O2/c21-13-14-4-3-7-18(12-14)23-20(25)16-10-8-15(9-11-16)19(24)22-17-5-1-2-6-17/h3-4,7-12,17H,1-2,5-6H2,(H,22,24)(H,23,25). The molecule has 0 spiro atoms. The Kier molecular flexibility index (Phi) is 5.10. The molecular weight excluding hydrogens is 314 g/mol. The summed E-state index contributed by atoms with van der Waals surface area (Å²) in [5.74, 6) is -0.376. The molecule has 0 aromatic heterocycles. The van der Waals surface area contributed by atoms with E-state index in [0.717, 1.165) is 25.7 Å². The molecule has 2 amide bonds. The van der Waals surface area contributed by atoms with Crippen LogP contribution in [0, 0.1) is 11.3 Å². The average molecular weight is 333 g/mol. The predicted molar refractivity (Wildman–Crippen MR) is 95.3 cm³/mol. The SMILES string of the molecule is N#Cc1cccc(NC(=O)c2ccc(C(=O)NC3CCCC3)cc2)c1. The summed E-state index contributed by atoms with van der Waals surface area (Å²) >= 11 is 0. The zero-order valence-corrected chi connectivity index (χ0v) is 13.8. The van der Waals surface area contributed by atoms with Crippen molar-refractivity contribution < 1.29 is 9.59 Å². The molecule has 5 heteroatoms. The maximum atomic E-state index is 12.3. The number of hydrogen-bond acceptors (Lipinski definition) is 3. The van der Waals surface area contributed by atoms with Crippen molar-refractivity contribution in [3.63, 3.8) is 0 Å². The van der Waals surface area contributed by atoms with Crippen LogP contribution in [0.1, 0.15) is 52.0 Å². The summed E-state index contributed by atoms with van der Waals surface area (Å²) in [5.41, 5.74) is 2.05. The van der Waals surface area contributed by atoms with Gasteiger partial charge in [0.15, 0.2) is 0 Å². The van der Waals surface area contributed by atoms with Gasteiger partial charge in [0.25, 0.3) is 11.8 Å². The van der Waals surface area contributed by atoms with Crippen LogP contribution in [0.2, 0.25) is 0 Å². The van der Waals surface area contributed by atoms with Crippen LogP contribution >= 0.6 is 0 Å². The molecule has 126 valence electrons. The lowest BCUT2D eigenvalue weighted by atomic mass is 10.1. The molecule has 0 aliphatic heterocycles. The molecule has 1 fully saturated rings. The highest BCUT2D eigenvalue weighted by Gasteiger charge is 2.18. The Morgan fingerprint density at radius 1 is 0.960 bits per heavy atom. The molecule has 0 heterocycles. The summed E-state index contributed by atoms with van der Waals surface area (Å²) in [6, 6.07) is 15.6. The molecule has 0 atom stereocenters. The van der Waals surface area contributed by atoms with Gasteiger partial charge >= 0.3 is 0 Å². The maximum Gasteiger partial charge on any atom is 0.255 e. The Balaban J connectivity index is 1.63. The highest BCUT2D eigenvalue weighted by molar-refractivity contribution is 6.05. The van der Waals surface area contributed by atoms with E-state index in [0.29, 0.717) is 22.4 Å². The van der Waals surface area contributed by atoms with Crippen molar-refractivity contribution in [3.05, 3.63) is 65.2 Å². The summed E-state index contributed by atoms with van der Waals surface area (Å²) < 4.78 is 0. The minimum absolute atomic E-state index is 0.0967.